The van der Waals surface area contributed by atoms with Crippen LogP contribution in [0.3, 0.4) is 0 Å². The minimum atomic E-state index is -0.912. The van der Waals surface area contributed by atoms with Crippen LogP contribution in [0.2, 0.25) is 0 Å². The Kier molecular flexibility index (Phi) is 4.88. The van der Waals surface area contributed by atoms with Crippen molar-refractivity contribution in [2.24, 2.45) is 0 Å². The van der Waals surface area contributed by atoms with Crippen LogP contribution in [0.15, 0.2) is 12.4 Å². The highest BCUT2D eigenvalue weighted by Crippen LogP contribution is 2.24. The molecule has 0 aromatic carbocycles. The predicted molar refractivity (Wildman–Crippen MR) is 72.7 cm³/mol. The second kappa shape index (κ2) is 6.48. The Hall–Kier alpha value is -1.55. The molecule has 2 rings (SSSR count). The highest BCUT2D eigenvalue weighted by Gasteiger charge is 2.39. The van der Waals surface area contributed by atoms with Gasteiger partial charge in [-0.25, -0.2) is 0 Å². The molecule has 0 aliphatic carbocycles. The van der Waals surface area contributed by atoms with E-state index in [1.54, 1.807) is 0 Å². The van der Waals surface area contributed by atoms with E-state index in [1.165, 1.54) is 10.9 Å². The quantitative estimate of drug-likeness (QED) is 0.448. The third kappa shape index (κ3) is 3.97. The van der Waals surface area contributed by atoms with E-state index in [9.17, 15) is 20.3 Å². The molecule has 9 nitrogen and oxygen atoms in total. The van der Waals surface area contributed by atoms with Gasteiger partial charge in [0.15, 0.2) is 0 Å². The largest absolute Gasteiger partial charge is 0.390 e. The Morgan fingerprint density at radius 3 is 3.10 bits per heavy atom. The SMILES string of the molecule is CC1OCCC1(O)CNCC(O)Cn1cc([N+](=O)[O-])cn1. The van der Waals surface area contributed by atoms with E-state index in [0.717, 1.165) is 6.20 Å². The summed E-state index contributed by atoms with van der Waals surface area (Å²) in [7, 11) is 0. The average molecular weight is 300 g/mol. The number of nitro groups is 1. The van der Waals surface area contributed by atoms with Crippen LogP contribution in [0.1, 0.15) is 13.3 Å². The topological polar surface area (TPSA) is 123 Å². The van der Waals surface area contributed by atoms with Crippen molar-refractivity contribution in [3.8, 4) is 0 Å². The molecule has 1 aliphatic rings. The number of nitrogens with one attached hydrogen (secondary N) is 1. The number of hydrogen-bond donors (Lipinski definition) is 3. The number of rotatable bonds is 7. The van der Waals surface area contributed by atoms with Gasteiger partial charge in [0.25, 0.3) is 0 Å². The smallest absolute Gasteiger partial charge is 0.306 e. The monoisotopic (exact) mass is 300 g/mol. The first-order chi connectivity index (χ1) is 9.90. The van der Waals surface area contributed by atoms with Crippen LogP contribution in [0.4, 0.5) is 5.69 Å². The third-order valence-corrected chi connectivity index (χ3v) is 3.70. The van der Waals surface area contributed by atoms with Crippen molar-refractivity contribution in [2.75, 3.05) is 19.7 Å². The summed E-state index contributed by atoms with van der Waals surface area (Å²) in [5.74, 6) is 0. The first-order valence-electron chi connectivity index (χ1n) is 6.80. The van der Waals surface area contributed by atoms with Gasteiger partial charge in [-0.3, -0.25) is 14.8 Å². The van der Waals surface area contributed by atoms with Crippen molar-refractivity contribution in [1.82, 2.24) is 15.1 Å². The van der Waals surface area contributed by atoms with Crippen LogP contribution < -0.4 is 5.32 Å². The maximum atomic E-state index is 10.5. The number of ether oxygens (including phenoxy) is 1. The summed E-state index contributed by atoms with van der Waals surface area (Å²) in [5, 5.41) is 37.5. The second-order valence-corrected chi connectivity index (χ2v) is 5.33. The van der Waals surface area contributed by atoms with Gasteiger partial charge in [-0.1, -0.05) is 0 Å². The molecule has 21 heavy (non-hydrogen) atoms. The van der Waals surface area contributed by atoms with Crippen LogP contribution in [0.25, 0.3) is 0 Å². The molecule has 1 saturated heterocycles. The number of hydrogen-bond acceptors (Lipinski definition) is 7. The molecule has 3 N–H and O–H groups in total. The zero-order valence-electron chi connectivity index (χ0n) is 11.8. The minimum absolute atomic E-state index is 0.110. The standard InChI is InChI=1S/C12H20N4O5/c1-9-12(18,2-3-21-9)8-13-5-11(17)7-15-6-10(4-14-15)16(19)20/h4,6,9,11,13,17-18H,2-3,5,7-8H2,1H3. The molecule has 3 unspecified atom stereocenters. The lowest BCUT2D eigenvalue weighted by molar-refractivity contribution is -0.385. The number of aliphatic hydroxyl groups is 2. The van der Waals surface area contributed by atoms with Gasteiger partial charge in [-0.15, -0.1) is 0 Å². The van der Waals surface area contributed by atoms with Crippen molar-refractivity contribution >= 4 is 5.69 Å². The Morgan fingerprint density at radius 1 is 1.76 bits per heavy atom. The van der Waals surface area contributed by atoms with E-state index in [0.29, 0.717) is 19.6 Å². The summed E-state index contributed by atoms with van der Waals surface area (Å²) in [4.78, 5) is 9.99. The van der Waals surface area contributed by atoms with Crippen LogP contribution in [0, 0.1) is 10.1 Å². The molecular weight excluding hydrogens is 280 g/mol. The minimum Gasteiger partial charge on any atom is -0.390 e. The van der Waals surface area contributed by atoms with Gasteiger partial charge in [-0.2, -0.15) is 5.10 Å². The first kappa shape index (κ1) is 15.8. The van der Waals surface area contributed by atoms with Gasteiger partial charge in [0, 0.05) is 26.1 Å². The Balaban J connectivity index is 1.74. The Labute approximate surface area is 121 Å². The molecule has 2 heterocycles. The zero-order chi connectivity index (χ0) is 15.5. The summed E-state index contributed by atoms with van der Waals surface area (Å²) in [5.41, 5.74) is -1.02. The molecule has 9 heteroatoms. The number of nitrogens with zero attached hydrogens (tertiary/aromatic N) is 3. The lowest BCUT2D eigenvalue weighted by atomic mass is 9.97. The van der Waals surface area contributed by atoms with E-state index < -0.39 is 16.6 Å². The fourth-order valence-electron chi connectivity index (χ4n) is 2.29. The lowest BCUT2D eigenvalue weighted by Gasteiger charge is -2.26. The summed E-state index contributed by atoms with van der Waals surface area (Å²) < 4.78 is 6.64. The van der Waals surface area contributed by atoms with Crippen molar-refractivity contribution < 1.29 is 19.9 Å². The van der Waals surface area contributed by atoms with Crippen molar-refractivity contribution in [1.29, 1.82) is 0 Å². The highest BCUT2D eigenvalue weighted by atomic mass is 16.6. The zero-order valence-corrected chi connectivity index (χ0v) is 11.8. The van der Waals surface area contributed by atoms with Crippen LogP contribution in [-0.2, 0) is 11.3 Å². The molecule has 0 bridgehead atoms. The fraction of sp³-hybridized carbons (Fsp3) is 0.750. The summed E-state index contributed by atoms with van der Waals surface area (Å²) in [6.45, 7) is 3.06. The van der Waals surface area contributed by atoms with Crippen LogP contribution >= 0.6 is 0 Å². The molecule has 1 aromatic rings. The summed E-state index contributed by atoms with van der Waals surface area (Å²) in [6.07, 6.45) is 1.97. The highest BCUT2D eigenvalue weighted by molar-refractivity contribution is 5.20. The van der Waals surface area contributed by atoms with E-state index in [4.69, 9.17) is 4.74 Å². The molecule has 0 spiro atoms. The first-order valence-corrected chi connectivity index (χ1v) is 6.80. The van der Waals surface area contributed by atoms with E-state index >= 15 is 0 Å². The van der Waals surface area contributed by atoms with E-state index in [1.807, 2.05) is 6.92 Å². The second-order valence-electron chi connectivity index (χ2n) is 5.33. The summed E-state index contributed by atoms with van der Waals surface area (Å²) in [6, 6.07) is 0. The van der Waals surface area contributed by atoms with Gasteiger partial charge in [0.2, 0.25) is 0 Å². The molecule has 118 valence electrons. The molecule has 0 saturated carbocycles. The average Bonchev–Trinajstić information content (AvgIpc) is 2.98. The molecule has 3 atom stereocenters. The molecule has 1 fully saturated rings. The number of aromatic nitrogens is 2. The van der Waals surface area contributed by atoms with Gasteiger partial charge in [0.1, 0.15) is 18.0 Å². The molecule has 0 amide bonds. The van der Waals surface area contributed by atoms with Crippen LogP contribution in [0.5, 0.6) is 0 Å². The number of aliphatic hydroxyl groups excluding tert-OH is 1. The third-order valence-electron chi connectivity index (χ3n) is 3.70. The Morgan fingerprint density at radius 2 is 2.52 bits per heavy atom. The van der Waals surface area contributed by atoms with Crippen molar-refractivity contribution in [3.05, 3.63) is 22.5 Å². The molecule has 1 aliphatic heterocycles. The van der Waals surface area contributed by atoms with Crippen molar-refractivity contribution in [3.63, 3.8) is 0 Å². The maximum Gasteiger partial charge on any atom is 0.306 e. The molecular formula is C12H20N4O5. The maximum absolute atomic E-state index is 10.5. The molecule has 1 aromatic heterocycles. The predicted octanol–water partition coefficient (Wildman–Crippen LogP) is -0.718. The fourth-order valence-corrected chi connectivity index (χ4v) is 2.29. The van der Waals surface area contributed by atoms with Gasteiger partial charge < -0.3 is 20.3 Å². The van der Waals surface area contributed by atoms with Crippen LogP contribution in [-0.4, -0.2) is 62.4 Å². The Bertz CT molecular complexity index is 494. The van der Waals surface area contributed by atoms with E-state index in [-0.39, 0.29) is 24.9 Å². The van der Waals surface area contributed by atoms with Gasteiger partial charge >= 0.3 is 5.69 Å². The van der Waals surface area contributed by atoms with Gasteiger partial charge in [-0.05, 0) is 6.92 Å². The normalized spacial score (nSPS) is 26.9. The molecule has 0 radical (unpaired) electrons. The lowest BCUT2D eigenvalue weighted by Crippen LogP contribution is -2.47. The van der Waals surface area contributed by atoms with E-state index in [2.05, 4.69) is 10.4 Å². The summed E-state index contributed by atoms with van der Waals surface area (Å²) >= 11 is 0. The van der Waals surface area contributed by atoms with Crippen molar-refractivity contribution in [2.45, 2.75) is 37.7 Å². The van der Waals surface area contributed by atoms with Gasteiger partial charge in [0.05, 0.1) is 23.7 Å².